The monoisotopic (exact) mass is 1520 g/mol. The van der Waals surface area contributed by atoms with Crippen molar-refractivity contribution >= 4 is 39.5 Å². The van der Waals surface area contributed by atoms with E-state index in [4.69, 9.17) is 37.0 Å². The second kappa shape index (κ2) is 77.6. The highest BCUT2D eigenvalue weighted by atomic mass is 31.2. The van der Waals surface area contributed by atoms with Gasteiger partial charge in [0.15, 0.2) is 12.2 Å². The topological polar surface area (TPSA) is 237 Å². The molecule has 602 valence electrons. The van der Waals surface area contributed by atoms with Crippen LogP contribution in [0.25, 0.3) is 0 Å². The fourth-order valence-electron chi connectivity index (χ4n) is 9.95. The van der Waals surface area contributed by atoms with Crippen LogP contribution in [0.3, 0.4) is 0 Å². The average molecular weight is 1520 g/mol. The summed E-state index contributed by atoms with van der Waals surface area (Å²) in [7, 11) is -10.0. The number of unbranched alkanes of at least 4 members (excludes halogenated alkanes) is 20. The van der Waals surface area contributed by atoms with Gasteiger partial charge in [-0.25, -0.2) is 9.13 Å². The van der Waals surface area contributed by atoms with Crippen LogP contribution in [0.5, 0.6) is 0 Å². The number of ether oxygens (including phenoxy) is 4. The van der Waals surface area contributed by atoms with Crippen LogP contribution in [0.1, 0.15) is 297 Å². The molecule has 0 spiro atoms. The number of hydrogen-bond donors (Lipinski definition) is 3. The van der Waals surface area contributed by atoms with Crippen molar-refractivity contribution in [3.63, 3.8) is 0 Å². The van der Waals surface area contributed by atoms with Gasteiger partial charge in [-0.2, -0.15) is 0 Å². The van der Waals surface area contributed by atoms with Crippen molar-refractivity contribution in [1.29, 1.82) is 0 Å². The molecule has 0 fully saturated rings. The van der Waals surface area contributed by atoms with E-state index in [1.807, 2.05) is 42.5 Å². The maximum Gasteiger partial charge on any atom is 0.472 e. The van der Waals surface area contributed by atoms with Crippen molar-refractivity contribution in [2.24, 2.45) is 0 Å². The Morgan fingerprint density at radius 2 is 0.491 bits per heavy atom. The van der Waals surface area contributed by atoms with Crippen molar-refractivity contribution in [3.8, 4) is 0 Å². The number of phosphoric ester groups is 2. The van der Waals surface area contributed by atoms with E-state index in [2.05, 4.69) is 155 Å². The molecule has 0 aliphatic heterocycles. The van der Waals surface area contributed by atoms with Crippen LogP contribution in [0.4, 0.5) is 0 Å². The van der Waals surface area contributed by atoms with Gasteiger partial charge in [-0.3, -0.25) is 37.3 Å². The number of hydrogen-bond acceptors (Lipinski definition) is 15. The minimum absolute atomic E-state index is 0.000157. The first kappa shape index (κ1) is 100. The van der Waals surface area contributed by atoms with Gasteiger partial charge in [0, 0.05) is 25.7 Å². The summed E-state index contributed by atoms with van der Waals surface area (Å²) in [6.07, 6.45) is 92.2. The molecule has 106 heavy (non-hydrogen) atoms. The van der Waals surface area contributed by atoms with E-state index in [-0.39, 0.29) is 25.7 Å². The zero-order chi connectivity index (χ0) is 77.4. The number of aliphatic hydroxyl groups is 1. The Morgan fingerprint density at radius 1 is 0.264 bits per heavy atom. The first-order valence-corrected chi connectivity index (χ1v) is 43.4. The molecule has 17 nitrogen and oxygen atoms in total. The van der Waals surface area contributed by atoms with Gasteiger partial charge in [0.05, 0.1) is 26.4 Å². The molecule has 0 saturated carbocycles. The lowest BCUT2D eigenvalue weighted by Crippen LogP contribution is -2.30. The smallest absolute Gasteiger partial charge is 0.462 e. The molecule has 0 amide bonds. The van der Waals surface area contributed by atoms with E-state index in [1.165, 1.54) is 83.5 Å². The predicted octanol–water partition coefficient (Wildman–Crippen LogP) is 23.8. The van der Waals surface area contributed by atoms with E-state index in [1.54, 1.807) is 0 Å². The molecule has 0 aromatic rings. The van der Waals surface area contributed by atoms with Crippen molar-refractivity contribution in [2.45, 2.75) is 316 Å². The number of allylic oxidation sites excluding steroid dienone is 28. The van der Waals surface area contributed by atoms with Crippen molar-refractivity contribution < 1.29 is 80.2 Å². The van der Waals surface area contributed by atoms with E-state index in [0.717, 1.165) is 116 Å². The minimum atomic E-state index is -5.02. The van der Waals surface area contributed by atoms with Gasteiger partial charge in [0.25, 0.3) is 0 Å². The highest BCUT2D eigenvalue weighted by molar-refractivity contribution is 7.47. The second-order valence-corrected chi connectivity index (χ2v) is 29.2. The van der Waals surface area contributed by atoms with Gasteiger partial charge in [0.2, 0.25) is 0 Å². The normalized spacial score (nSPS) is 14.7. The summed E-state index contributed by atoms with van der Waals surface area (Å²) >= 11 is 0. The zero-order valence-electron chi connectivity index (χ0n) is 65.8. The summed E-state index contributed by atoms with van der Waals surface area (Å²) in [5.41, 5.74) is 0. The minimum Gasteiger partial charge on any atom is -0.462 e. The molecule has 0 radical (unpaired) electrons. The quantitative estimate of drug-likeness (QED) is 0.0169. The van der Waals surface area contributed by atoms with Crippen LogP contribution in [-0.4, -0.2) is 96.7 Å². The zero-order valence-corrected chi connectivity index (χ0v) is 67.6. The van der Waals surface area contributed by atoms with Gasteiger partial charge in [-0.1, -0.05) is 275 Å². The summed E-state index contributed by atoms with van der Waals surface area (Å²) in [4.78, 5) is 73.0. The van der Waals surface area contributed by atoms with Gasteiger partial charge in [-0.05, 0) is 167 Å². The van der Waals surface area contributed by atoms with Crippen molar-refractivity contribution in [1.82, 2.24) is 0 Å². The number of rotatable bonds is 74. The van der Waals surface area contributed by atoms with E-state index in [9.17, 15) is 43.2 Å². The van der Waals surface area contributed by atoms with Crippen LogP contribution in [0, 0.1) is 0 Å². The van der Waals surface area contributed by atoms with E-state index >= 15 is 0 Å². The highest BCUT2D eigenvalue weighted by Crippen LogP contribution is 2.45. The molecule has 0 saturated heterocycles. The Balaban J connectivity index is 5.53. The van der Waals surface area contributed by atoms with Crippen LogP contribution in [-0.2, 0) is 65.4 Å². The first-order valence-electron chi connectivity index (χ1n) is 40.4. The molecule has 0 rings (SSSR count). The molecule has 2 unspecified atom stereocenters. The lowest BCUT2D eigenvalue weighted by Gasteiger charge is -2.21. The average Bonchev–Trinajstić information content (AvgIpc) is 0.900. The molecule has 0 bridgehead atoms. The third kappa shape index (κ3) is 76.6. The maximum absolute atomic E-state index is 13.1. The van der Waals surface area contributed by atoms with Crippen LogP contribution in [0.2, 0.25) is 0 Å². The summed E-state index contributed by atoms with van der Waals surface area (Å²) in [6, 6.07) is 0. The second-order valence-electron chi connectivity index (χ2n) is 26.3. The first-order chi connectivity index (χ1) is 51.7. The SMILES string of the molecule is CCCCC/C=C\C/C=C\C/C=C\C/C=C\C/C=C\CCC(=O)OC[C@H](COP(=O)(O)OC[C@@H](O)COP(=O)(O)OC[C@@H](COC(=O)CCC/C=C\C/C=C\C/C=C\C/C=C\CCCCC)OC(=O)CCC/C=C\C/C=C\C/C=C\C/C=C\CCCCC)OC(=O)CCCCCCC/C=C\CCCCCC. The number of carbonyl (C=O) groups is 4. The lowest BCUT2D eigenvalue weighted by atomic mass is 10.1. The molecule has 0 heterocycles. The summed E-state index contributed by atoms with van der Waals surface area (Å²) in [5, 5.41) is 10.6. The van der Waals surface area contributed by atoms with E-state index < -0.39 is 97.5 Å². The Bertz CT molecular complexity index is 2680. The summed E-state index contributed by atoms with van der Waals surface area (Å²) in [6.45, 7) is 4.54. The number of aliphatic hydroxyl groups excluding tert-OH is 1. The van der Waals surface area contributed by atoms with Gasteiger partial charge in [-0.15, -0.1) is 0 Å². The van der Waals surface area contributed by atoms with Crippen molar-refractivity contribution in [2.75, 3.05) is 39.6 Å². The van der Waals surface area contributed by atoms with E-state index in [0.29, 0.717) is 44.9 Å². The largest absolute Gasteiger partial charge is 0.472 e. The number of phosphoric acid groups is 2. The molecule has 0 aromatic carbocycles. The molecular weight excluding hydrogens is 1380 g/mol. The Morgan fingerprint density at radius 3 is 0.830 bits per heavy atom. The Kier molecular flexibility index (Phi) is 73.5. The highest BCUT2D eigenvalue weighted by Gasteiger charge is 2.30. The standard InChI is InChI=1S/C87H142O17P2/c1-5-9-13-17-21-25-29-33-36-39-40-43-45-49-52-56-60-64-68-72-85(90)97-77-82(103-86(91)73-69-65-61-57-53-47-32-28-24-20-16-12-8-4)79-101-105(93,94)99-75-81(88)76-100-106(95,96)102-80-83(104-87(92)74-70-66-62-58-54-50-46-42-38-35-31-27-23-19-15-11-7-3)78-98-84(89)71-67-63-59-55-51-48-44-41-37-34-30-26-22-18-14-10-6-2/h21-23,25-28,32-38,40,43-44,46,48-50,52,55,58-60,62,64,81-83,88H,5-20,24,29-31,39,41-42,45,47,51,53-54,56-57,61,63,65-80H2,1-4H3,(H,93,94)(H,95,96)/b25-21-,26-22-,27-23-,32-28-,36-33-,37-34-,38-35-,43-40-,48-44-,50-46-,52-49-,59-55-,62-58-,64-60-/t81-,82-,83-/m1/s1. The van der Waals surface area contributed by atoms with Crippen molar-refractivity contribution in [3.05, 3.63) is 170 Å². The molecular formula is C87H142O17P2. The predicted molar refractivity (Wildman–Crippen MR) is 436 cm³/mol. The lowest BCUT2D eigenvalue weighted by molar-refractivity contribution is -0.161. The van der Waals surface area contributed by atoms with Gasteiger partial charge in [0.1, 0.15) is 19.3 Å². The number of carbonyl (C=O) groups excluding carboxylic acids is 4. The fraction of sp³-hybridized carbons (Fsp3) is 0.632. The maximum atomic E-state index is 13.1. The molecule has 0 aromatic heterocycles. The summed E-state index contributed by atoms with van der Waals surface area (Å²) < 4.78 is 68.4. The van der Waals surface area contributed by atoms with Crippen LogP contribution >= 0.6 is 15.6 Å². The third-order valence-corrected chi connectivity index (χ3v) is 18.0. The molecule has 0 aliphatic carbocycles. The fourth-order valence-corrected chi connectivity index (χ4v) is 11.5. The van der Waals surface area contributed by atoms with Crippen LogP contribution < -0.4 is 0 Å². The molecule has 19 heteroatoms. The summed E-state index contributed by atoms with van der Waals surface area (Å²) in [5.74, 6) is -2.43. The van der Waals surface area contributed by atoms with Gasteiger partial charge >= 0.3 is 39.5 Å². The molecule has 0 aliphatic rings. The Hall–Kier alpha value is -5.58. The van der Waals surface area contributed by atoms with Crippen LogP contribution in [0.15, 0.2) is 170 Å². The molecule has 5 atom stereocenters. The number of esters is 4. The third-order valence-electron chi connectivity index (χ3n) is 16.1. The molecule has 3 N–H and O–H groups in total. The Labute approximate surface area is 642 Å². The van der Waals surface area contributed by atoms with Gasteiger partial charge < -0.3 is 33.8 Å².